The van der Waals surface area contributed by atoms with Crippen molar-refractivity contribution in [2.75, 3.05) is 31.3 Å². The molecule has 0 radical (unpaired) electrons. The summed E-state index contributed by atoms with van der Waals surface area (Å²) in [7, 11) is 0. The normalized spacial score (nSPS) is 22.9. The molecule has 0 spiro atoms. The van der Waals surface area contributed by atoms with Crippen LogP contribution in [0.3, 0.4) is 0 Å². The lowest BCUT2D eigenvalue weighted by Crippen LogP contribution is -2.53. The van der Waals surface area contributed by atoms with Gasteiger partial charge in [-0.1, -0.05) is 18.6 Å². The van der Waals surface area contributed by atoms with E-state index >= 15 is 0 Å². The van der Waals surface area contributed by atoms with E-state index < -0.39 is 5.79 Å². The summed E-state index contributed by atoms with van der Waals surface area (Å²) < 4.78 is 5.94. The number of ether oxygens (including phenoxy) is 1. The molecule has 1 unspecified atom stereocenters. The number of rotatable bonds is 6. The van der Waals surface area contributed by atoms with Crippen molar-refractivity contribution < 1.29 is 4.74 Å². The molecule has 1 aromatic carbocycles. The number of aryl methyl sites for hydroxylation is 2. The molecular weight excluding hydrogens is 460 g/mol. The van der Waals surface area contributed by atoms with E-state index in [0.717, 1.165) is 40.9 Å². The highest BCUT2D eigenvalue weighted by Gasteiger charge is 2.38. The third kappa shape index (κ3) is 4.35. The number of nitrogens with zero attached hydrogens (tertiary/aromatic N) is 5. The standard InChI is InChI=1S/C25H32N8OS/c26-24-30-25(27,17-8-10-18(11-9-17)34-15-14-32-12-4-5-13-32)31-33(24)22-21-19-6-2-1-3-7-20(19)35-23(21)29-16-28-22/h8-11,16,31H,1-7,12-15,27H2,(H2,26,30). The average molecular weight is 493 g/mol. The number of aromatic nitrogens is 2. The van der Waals surface area contributed by atoms with Gasteiger partial charge in [-0.15, -0.1) is 11.3 Å². The molecule has 2 aromatic heterocycles. The first kappa shape index (κ1) is 22.7. The number of hydrazine groups is 1. The van der Waals surface area contributed by atoms with Gasteiger partial charge in [-0.05, 0) is 69.3 Å². The van der Waals surface area contributed by atoms with Gasteiger partial charge in [0.1, 0.15) is 23.5 Å². The number of benzene rings is 1. The molecule has 35 heavy (non-hydrogen) atoms. The number of thiophene rings is 1. The van der Waals surface area contributed by atoms with Crippen LogP contribution in [0, 0.1) is 0 Å². The lowest BCUT2D eigenvalue weighted by molar-refractivity contribution is 0.237. The van der Waals surface area contributed by atoms with Gasteiger partial charge in [-0.25, -0.2) is 20.0 Å². The molecule has 184 valence electrons. The molecule has 1 aliphatic carbocycles. The number of anilines is 1. The van der Waals surface area contributed by atoms with Crippen LogP contribution in [-0.4, -0.2) is 47.1 Å². The van der Waals surface area contributed by atoms with Crippen molar-refractivity contribution in [1.82, 2.24) is 20.3 Å². The Bertz CT molecular complexity index is 1240. The average Bonchev–Trinajstić information content (AvgIpc) is 3.53. The quantitative estimate of drug-likeness (QED) is 0.450. The number of fused-ring (bicyclic) bond motifs is 3. The van der Waals surface area contributed by atoms with E-state index in [1.165, 1.54) is 55.6 Å². The van der Waals surface area contributed by atoms with Crippen LogP contribution in [0.15, 0.2) is 35.6 Å². The molecule has 3 aromatic rings. The number of likely N-dealkylation sites (tertiary alicyclic amines) is 1. The van der Waals surface area contributed by atoms with Gasteiger partial charge in [0.25, 0.3) is 0 Å². The van der Waals surface area contributed by atoms with Gasteiger partial charge < -0.3 is 10.5 Å². The van der Waals surface area contributed by atoms with E-state index in [2.05, 4.69) is 25.3 Å². The fourth-order valence-corrected chi connectivity index (χ4v) is 6.52. The number of aliphatic imine (C=N–C) groups is 1. The highest BCUT2D eigenvalue weighted by atomic mass is 32.1. The Morgan fingerprint density at radius 2 is 1.83 bits per heavy atom. The number of hydrogen-bond donors (Lipinski definition) is 3. The van der Waals surface area contributed by atoms with E-state index in [9.17, 15) is 0 Å². The van der Waals surface area contributed by atoms with Crippen LogP contribution in [0.4, 0.5) is 5.82 Å². The van der Waals surface area contributed by atoms with Gasteiger partial charge in [-0.2, -0.15) is 5.43 Å². The van der Waals surface area contributed by atoms with Crippen LogP contribution < -0.4 is 26.6 Å². The molecule has 4 heterocycles. The minimum Gasteiger partial charge on any atom is -0.492 e. The minimum atomic E-state index is -1.19. The number of hydrogen-bond acceptors (Lipinski definition) is 10. The molecule has 2 aliphatic heterocycles. The van der Waals surface area contributed by atoms with Gasteiger partial charge in [0.05, 0.1) is 5.39 Å². The molecule has 10 heteroatoms. The number of nitrogens with one attached hydrogen (secondary N) is 1. The van der Waals surface area contributed by atoms with Crippen molar-refractivity contribution in [1.29, 1.82) is 0 Å². The predicted octanol–water partition coefficient (Wildman–Crippen LogP) is 2.84. The van der Waals surface area contributed by atoms with Crippen molar-refractivity contribution in [3.05, 3.63) is 46.6 Å². The monoisotopic (exact) mass is 492 g/mol. The zero-order chi connectivity index (χ0) is 23.8. The lowest BCUT2D eigenvalue weighted by Gasteiger charge is -2.26. The fourth-order valence-electron chi connectivity index (χ4n) is 5.30. The second-order valence-corrected chi connectivity index (χ2v) is 10.6. The van der Waals surface area contributed by atoms with Crippen molar-refractivity contribution in [2.45, 2.75) is 50.7 Å². The van der Waals surface area contributed by atoms with Crippen molar-refractivity contribution in [3.63, 3.8) is 0 Å². The molecule has 0 saturated carbocycles. The third-order valence-electron chi connectivity index (χ3n) is 7.16. The maximum absolute atomic E-state index is 6.71. The molecule has 3 aliphatic rings. The van der Waals surface area contributed by atoms with E-state index in [1.807, 2.05) is 24.3 Å². The van der Waals surface area contributed by atoms with E-state index in [0.29, 0.717) is 12.4 Å². The molecular formula is C25H32N8OS. The summed E-state index contributed by atoms with van der Waals surface area (Å²) in [5.41, 5.74) is 18.5. The number of guanidine groups is 1. The van der Waals surface area contributed by atoms with Crippen molar-refractivity contribution >= 4 is 33.3 Å². The van der Waals surface area contributed by atoms with Crippen LogP contribution in [0.2, 0.25) is 0 Å². The molecule has 9 nitrogen and oxygen atoms in total. The summed E-state index contributed by atoms with van der Waals surface area (Å²) in [6, 6.07) is 7.74. The summed E-state index contributed by atoms with van der Waals surface area (Å²) >= 11 is 1.77. The lowest BCUT2D eigenvalue weighted by atomic mass is 10.1. The Morgan fingerprint density at radius 3 is 2.66 bits per heavy atom. The summed E-state index contributed by atoms with van der Waals surface area (Å²) in [6.07, 6.45) is 9.95. The Kier molecular flexibility index (Phi) is 6.05. The summed E-state index contributed by atoms with van der Waals surface area (Å²) in [5.74, 6) is 0.626. The van der Waals surface area contributed by atoms with Gasteiger partial charge in [-0.3, -0.25) is 10.6 Å². The maximum Gasteiger partial charge on any atom is 0.215 e. The zero-order valence-electron chi connectivity index (χ0n) is 19.9. The Morgan fingerprint density at radius 1 is 1.03 bits per heavy atom. The topological polar surface area (TPSA) is 118 Å². The highest BCUT2D eigenvalue weighted by Crippen LogP contribution is 2.39. The molecule has 6 rings (SSSR count). The predicted molar refractivity (Wildman–Crippen MR) is 139 cm³/mol. The fraction of sp³-hybridized carbons (Fsp3) is 0.480. The van der Waals surface area contributed by atoms with E-state index in [4.69, 9.17) is 16.2 Å². The first-order valence-electron chi connectivity index (χ1n) is 12.5. The largest absolute Gasteiger partial charge is 0.492 e. The smallest absolute Gasteiger partial charge is 0.215 e. The molecule has 1 fully saturated rings. The van der Waals surface area contributed by atoms with E-state index in [1.54, 1.807) is 22.7 Å². The van der Waals surface area contributed by atoms with Gasteiger partial charge in [0.15, 0.2) is 5.82 Å². The molecule has 0 amide bonds. The Balaban J connectivity index is 1.21. The first-order chi connectivity index (χ1) is 17.1. The SMILES string of the molecule is NC1=NC(N)(c2ccc(OCCN3CCCC3)cc2)NN1c1ncnc2sc3c(c12)CCCCC3. The van der Waals surface area contributed by atoms with Crippen LogP contribution in [0.5, 0.6) is 5.75 Å². The summed E-state index contributed by atoms with van der Waals surface area (Å²) in [6.45, 7) is 3.98. The van der Waals surface area contributed by atoms with E-state index in [-0.39, 0.29) is 5.96 Å². The van der Waals surface area contributed by atoms with Gasteiger partial charge >= 0.3 is 0 Å². The zero-order valence-corrected chi connectivity index (χ0v) is 20.7. The van der Waals surface area contributed by atoms with Crippen molar-refractivity contribution in [3.8, 4) is 5.75 Å². The first-order valence-corrected chi connectivity index (χ1v) is 13.4. The van der Waals surface area contributed by atoms with Crippen LogP contribution in [0.25, 0.3) is 10.2 Å². The molecule has 5 N–H and O–H groups in total. The van der Waals surface area contributed by atoms with Crippen LogP contribution in [-0.2, 0) is 18.6 Å². The molecule has 1 atom stereocenters. The Hall–Kier alpha value is -2.79. The Labute approximate surface area is 209 Å². The summed E-state index contributed by atoms with van der Waals surface area (Å²) in [5, 5.41) is 2.77. The number of nitrogens with two attached hydrogens (primary N) is 2. The maximum atomic E-state index is 6.71. The second kappa shape index (κ2) is 9.34. The second-order valence-electron chi connectivity index (χ2n) is 9.55. The van der Waals surface area contributed by atoms with Gasteiger partial charge in [0, 0.05) is 17.0 Å². The molecule has 1 saturated heterocycles. The summed E-state index contributed by atoms with van der Waals surface area (Å²) in [4.78, 5) is 18.6. The van der Waals surface area contributed by atoms with Crippen LogP contribution >= 0.6 is 11.3 Å². The third-order valence-corrected chi connectivity index (χ3v) is 8.36. The van der Waals surface area contributed by atoms with Crippen molar-refractivity contribution in [2.24, 2.45) is 16.5 Å². The van der Waals surface area contributed by atoms with Crippen LogP contribution in [0.1, 0.15) is 48.1 Å². The molecule has 0 bridgehead atoms. The highest BCUT2D eigenvalue weighted by molar-refractivity contribution is 7.19. The van der Waals surface area contributed by atoms with Gasteiger partial charge in [0.2, 0.25) is 11.7 Å². The minimum absolute atomic E-state index is 0.284.